The second kappa shape index (κ2) is 6.78. The van der Waals surface area contributed by atoms with Gasteiger partial charge in [-0.25, -0.2) is 4.98 Å². The van der Waals surface area contributed by atoms with Crippen LogP contribution in [-0.2, 0) is 0 Å². The maximum Gasteiger partial charge on any atom is 0.132 e. The predicted octanol–water partition coefficient (Wildman–Crippen LogP) is 4.17. The van der Waals surface area contributed by atoms with Crippen LogP contribution in [0.15, 0.2) is 36.4 Å². The number of nitriles is 1. The summed E-state index contributed by atoms with van der Waals surface area (Å²) < 4.78 is 0. The van der Waals surface area contributed by atoms with E-state index in [2.05, 4.69) is 28.6 Å². The van der Waals surface area contributed by atoms with E-state index in [0.717, 1.165) is 18.8 Å². The molecule has 2 N–H and O–H groups in total. The summed E-state index contributed by atoms with van der Waals surface area (Å²) in [5.41, 5.74) is 1.18. The summed E-state index contributed by atoms with van der Waals surface area (Å²) in [5, 5.41) is 16.0. The Balaban J connectivity index is 2.22. The van der Waals surface area contributed by atoms with E-state index in [1.54, 1.807) is 18.2 Å². The van der Waals surface area contributed by atoms with Crippen LogP contribution in [-0.4, -0.2) is 11.5 Å². The molecule has 0 saturated carbocycles. The van der Waals surface area contributed by atoms with Gasteiger partial charge in [-0.1, -0.05) is 24.6 Å². The number of halogens is 1. The summed E-state index contributed by atoms with van der Waals surface area (Å²) in [6.07, 6.45) is 1.03. The van der Waals surface area contributed by atoms with Crippen LogP contribution in [0.2, 0.25) is 5.02 Å². The van der Waals surface area contributed by atoms with E-state index >= 15 is 0 Å². The molecule has 0 aliphatic carbocycles. The molecule has 102 valence electrons. The molecule has 2 aromatic rings. The maximum atomic E-state index is 9.09. The van der Waals surface area contributed by atoms with Crippen LogP contribution in [0.4, 0.5) is 17.3 Å². The van der Waals surface area contributed by atoms with E-state index in [9.17, 15) is 0 Å². The number of nitrogens with zero attached hydrogens (tertiary/aromatic N) is 2. The second-order valence-electron chi connectivity index (χ2n) is 4.26. The van der Waals surface area contributed by atoms with Gasteiger partial charge >= 0.3 is 0 Å². The fourth-order valence-corrected chi connectivity index (χ4v) is 1.88. The zero-order chi connectivity index (χ0) is 14.4. The first kappa shape index (κ1) is 14.2. The maximum absolute atomic E-state index is 9.09. The van der Waals surface area contributed by atoms with E-state index in [-0.39, 0.29) is 0 Å². The zero-order valence-electron chi connectivity index (χ0n) is 11.2. The Hall–Kier alpha value is -2.25. The molecule has 0 aliphatic heterocycles. The summed E-state index contributed by atoms with van der Waals surface area (Å²) in [5.74, 6) is 1.47. The van der Waals surface area contributed by atoms with Gasteiger partial charge in [-0.2, -0.15) is 5.26 Å². The molecule has 2 rings (SSSR count). The van der Waals surface area contributed by atoms with Crippen LogP contribution in [0.3, 0.4) is 0 Å². The van der Waals surface area contributed by atoms with Crippen LogP contribution in [0.5, 0.6) is 0 Å². The normalized spacial score (nSPS) is 9.85. The molecule has 0 unspecified atom stereocenters. The van der Waals surface area contributed by atoms with Crippen molar-refractivity contribution >= 4 is 28.9 Å². The number of nitrogens with one attached hydrogen (secondary N) is 2. The fraction of sp³-hybridized carbons (Fsp3) is 0.200. The number of benzene rings is 1. The lowest BCUT2D eigenvalue weighted by atomic mass is 10.2. The van der Waals surface area contributed by atoms with Gasteiger partial charge < -0.3 is 10.6 Å². The van der Waals surface area contributed by atoms with Gasteiger partial charge in [0.05, 0.1) is 11.3 Å². The van der Waals surface area contributed by atoms with Crippen molar-refractivity contribution < 1.29 is 0 Å². The van der Waals surface area contributed by atoms with Gasteiger partial charge in [-0.15, -0.1) is 0 Å². The van der Waals surface area contributed by atoms with Crippen molar-refractivity contribution in [3.05, 3.63) is 47.0 Å². The highest BCUT2D eigenvalue weighted by Crippen LogP contribution is 2.24. The highest BCUT2D eigenvalue weighted by atomic mass is 35.5. The first-order valence-corrected chi connectivity index (χ1v) is 6.78. The topological polar surface area (TPSA) is 60.7 Å². The van der Waals surface area contributed by atoms with Crippen molar-refractivity contribution in [2.75, 3.05) is 17.2 Å². The van der Waals surface area contributed by atoms with E-state index in [1.165, 1.54) is 0 Å². The third-order valence-electron chi connectivity index (χ3n) is 2.67. The van der Waals surface area contributed by atoms with Gasteiger partial charge in [0.2, 0.25) is 0 Å². The SMILES string of the molecule is CCCNc1cccc(Nc2cc(Cl)ccc2C#N)n1. The second-order valence-corrected chi connectivity index (χ2v) is 4.70. The first-order chi connectivity index (χ1) is 9.72. The molecule has 0 atom stereocenters. The average molecular weight is 287 g/mol. The van der Waals surface area contributed by atoms with Gasteiger partial charge in [0, 0.05) is 11.6 Å². The Morgan fingerprint density at radius 1 is 1.25 bits per heavy atom. The molecule has 0 bridgehead atoms. The predicted molar refractivity (Wildman–Crippen MR) is 82.5 cm³/mol. The molecule has 1 heterocycles. The van der Waals surface area contributed by atoms with Crippen molar-refractivity contribution in [2.24, 2.45) is 0 Å². The minimum Gasteiger partial charge on any atom is -0.370 e. The minimum absolute atomic E-state index is 0.531. The average Bonchev–Trinajstić information content (AvgIpc) is 2.46. The molecule has 0 radical (unpaired) electrons. The lowest BCUT2D eigenvalue weighted by Gasteiger charge is -2.10. The highest BCUT2D eigenvalue weighted by Gasteiger charge is 2.04. The standard InChI is InChI=1S/C15H15ClN4/c1-2-8-18-14-4-3-5-15(20-14)19-13-9-12(16)7-6-11(13)10-17/h3-7,9H,2,8H2,1H3,(H2,18,19,20). The number of pyridine rings is 1. The van der Waals surface area contributed by atoms with Crippen LogP contribution >= 0.6 is 11.6 Å². The Kier molecular flexibility index (Phi) is 4.80. The van der Waals surface area contributed by atoms with Gasteiger partial charge in [0.25, 0.3) is 0 Å². The van der Waals surface area contributed by atoms with Crippen LogP contribution in [0.1, 0.15) is 18.9 Å². The smallest absolute Gasteiger partial charge is 0.132 e. The Morgan fingerprint density at radius 3 is 2.80 bits per heavy atom. The molecule has 1 aromatic carbocycles. The molecular formula is C15H15ClN4. The Labute approximate surface area is 123 Å². The monoisotopic (exact) mass is 286 g/mol. The molecule has 0 aliphatic rings. The van der Waals surface area contributed by atoms with Crippen LogP contribution in [0.25, 0.3) is 0 Å². The third-order valence-corrected chi connectivity index (χ3v) is 2.91. The molecule has 5 heteroatoms. The summed E-state index contributed by atoms with van der Waals surface area (Å²) in [6, 6.07) is 12.9. The van der Waals surface area contributed by atoms with E-state index < -0.39 is 0 Å². The van der Waals surface area contributed by atoms with Gasteiger partial charge in [0.15, 0.2) is 0 Å². The molecule has 0 saturated heterocycles. The van der Waals surface area contributed by atoms with E-state index in [4.69, 9.17) is 16.9 Å². The number of aromatic nitrogens is 1. The molecular weight excluding hydrogens is 272 g/mol. The Bertz CT molecular complexity index is 634. The van der Waals surface area contributed by atoms with Crippen molar-refractivity contribution in [3.63, 3.8) is 0 Å². The number of hydrogen-bond acceptors (Lipinski definition) is 4. The van der Waals surface area contributed by atoms with Crippen LogP contribution in [0, 0.1) is 11.3 Å². The summed E-state index contributed by atoms with van der Waals surface area (Å²) in [6.45, 7) is 2.97. The Morgan fingerprint density at radius 2 is 2.05 bits per heavy atom. The lowest BCUT2D eigenvalue weighted by Crippen LogP contribution is -2.03. The third kappa shape index (κ3) is 3.62. The van der Waals surface area contributed by atoms with E-state index in [0.29, 0.717) is 22.1 Å². The largest absolute Gasteiger partial charge is 0.370 e. The highest BCUT2D eigenvalue weighted by molar-refractivity contribution is 6.30. The molecule has 0 amide bonds. The first-order valence-electron chi connectivity index (χ1n) is 6.40. The minimum atomic E-state index is 0.531. The molecule has 0 fully saturated rings. The van der Waals surface area contributed by atoms with Crippen molar-refractivity contribution in [3.8, 4) is 6.07 Å². The molecule has 0 spiro atoms. The van der Waals surface area contributed by atoms with Crippen molar-refractivity contribution in [1.82, 2.24) is 4.98 Å². The summed E-state index contributed by atoms with van der Waals surface area (Å²) in [4.78, 5) is 4.44. The number of hydrogen-bond donors (Lipinski definition) is 2. The zero-order valence-corrected chi connectivity index (χ0v) is 11.9. The van der Waals surface area contributed by atoms with Gasteiger partial charge in [-0.05, 0) is 36.8 Å². The molecule has 4 nitrogen and oxygen atoms in total. The fourth-order valence-electron chi connectivity index (χ4n) is 1.71. The summed E-state index contributed by atoms with van der Waals surface area (Å²) >= 11 is 5.96. The van der Waals surface area contributed by atoms with Gasteiger partial charge in [-0.3, -0.25) is 0 Å². The van der Waals surface area contributed by atoms with Gasteiger partial charge in [0.1, 0.15) is 17.7 Å². The quantitative estimate of drug-likeness (QED) is 0.866. The van der Waals surface area contributed by atoms with E-state index in [1.807, 2.05) is 18.2 Å². The molecule has 20 heavy (non-hydrogen) atoms. The van der Waals surface area contributed by atoms with Crippen LogP contribution < -0.4 is 10.6 Å². The summed E-state index contributed by atoms with van der Waals surface area (Å²) in [7, 11) is 0. The number of rotatable bonds is 5. The lowest BCUT2D eigenvalue weighted by molar-refractivity contribution is 0.970. The van der Waals surface area contributed by atoms with Crippen molar-refractivity contribution in [1.29, 1.82) is 5.26 Å². The number of anilines is 3. The molecule has 1 aromatic heterocycles. The van der Waals surface area contributed by atoms with Crippen molar-refractivity contribution in [2.45, 2.75) is 13.3 Å².